The normalized spacial score (nSPS) is 16.7. The highest BCUT2D eigenvalue weighted by Crippen LogP contribution is 2.38. The molecular weight excluding hydrogens is 366 g/mol. The molecular formula is C21H22F2N2OS. The first-order valence-electron chi connectivity index (χ1n) is 8.69. The van der Waals surface area contributed by atoms with Crippen LogP contribution in [0, 0.1) is 0 Å². The summed E-state index contributed by atoms with van der Waals surface area (Å²) in [5.74, 6) is 1.55. The minimum atomic E-state index is -2.45. The monoisotopic (exact) mass is 388 g/mol. The Bertz CT molecular complexity index is 867. The minimum Gasteiger partial charge on any atom is -0.491 e. The summed E-state index contributed by atoms with van der Waals surface area (Å²) in [6, 6.07) is 12.5. The van der Waals surface area contributed by atoms with Gasteiger partial charge in [-0.15, -0.1) is 11.8 Å². The van der Waals surface area contributed by atoms with E-state index in [0.29, 0.717) is 13.0 Å². The number of fused-ring (bicyclic) bond motifs is 1. The second kappa shape index (κ2) is 8.67. The van der Waals surface area contributed by atoms with Gasteiger partial charge in [-0.2, -0.15) is 0 Å². The number of aryl methyl sites for hydroxylation is 1. The zero-order valence-corrected chi connectivity index (χ0v) is 15.9. The van der Waals surface area contributed by atoms with Crippen LogP contribution in [0.1, 0.15) is 41.6 Å². The molecule has 0 saturated carbocycles. The first-order valence-corrected chi connectivity index (χ1v) is 9.68. The van der Waals surface area contributed by atoms with Crippen LogP contribution < -0.4 is 10.5 Å². The van der Waals surface area contributed by atoms with Crippen LogP contribution in [0.25, 0.3) is 4.91 Å². The van der Waals surface area contributed by atoms with Gasteiger partial charge in [0, 0.05) is 21.8 Å². The van der Waals surface area contributed by atoms with Crippen molar-refractivity contribution in [1.29, 1.82) is 0 Å². The number of rotatable bonds is 7. The lowest BCUT2D eigenvalue weighted by Gasteiger charge is -2.12. The highest BCUT2D eigenvalue weighted by molar-refractivity contribution is 8.08. The molecule has 0 radical (unpaired) electrons. The Morgan fingerprint density at radius 1 is 1.33 bits per heavy atom. The highest BCUT2D eigenvalue weighted by Gasteiger charge is 2.21. The molecule has 0 spiro atoms. The van der Waals surface area contributed by atoms with Gasteiger partial charge >= 0.3 is 0 Å². The average molecular weight is 388 g/mol. The molecule has 2 aromatic carbocycles. The molecule has 6 heteroatoms. The Kier molecular flexibility index (Phi) is 6.29. The molecule has 142 valence electrons. The van der Waals surface area contributed by atoms with Crippen molar-refractivity contribution >= 4 is 23.4 Å². The second-order valence-corrected chi connectivity index (χ2v) is 7.49. The highest BCUT2D eigenvalue weighted by atomic mass is 32.2. The minimum absolute atomic E-state index is 0.0596. The molecule has 1 heterocycles. The lowest BCUT2D eigenvalue weighted by Crippen LogP contribution is -2.10. The molecule has 0 aliphatic carbocycles. The summed E-state index contributed by atoms with van der Waals surface area (Å²) >= 11 is 1.63. The summed E-state index contributed by atoms with van der Waals surface area (Å²) in [4.78, 5) is 5.08. The molecule has 0 fully saturated rings. The maximum absolute atomic E-state index is 12.9. The Hall–Kier alpha value is -2.18. The van der Waals surface area contributed by atoms with Crippen molar-refractivity contribution in [3.63, 3.8) is 0 Å². The van der Waals surface area contributed by atoms with Crippen molar-refractivity contribution in [3.8, 4) is 5.75 Å². The number of hydrogen-bond donors (Lipinski definition) is 1. The lowest BCUT2D eigenvalue weighted by atomic mass is 10.1. The fourth-order valence-corrected chi connectivity index (χ4v) is 4.11. The molecule has 27 heavy (non-hydrogen) atoms. The fraction of sp³-hybridized carbons (Fsp3) is 0.286. The number of alkyl halides is 2. The van der Waals surface area contributed by atoms with Crippen molar-refractivity contribution in [2.24, 2.45) is 10.7 Å². The van der Waals surface area contributed by atoms with E-state index < -0.39 is 6.43 Å². The third-order valence-corrected chi connectivity index (χ3v) is 5.73. The number of nitrogens with two attached hydrogens (primary N) is 1. The van der Waals surface area contributed by atoms with Crippen molar-refractivity contribution in [1.82, 2.24) is 0 Å². The van der Waals surface area contributed by atoms with Crippen LogP contribution in [-0.2, 0) is 6.42 Å². The van der Waals surface area contributed by atoms with E-state index in [4.69, 9.17) is 10.5 Å². The quantitative estimate of drug-likeness (QED) is 0.648. The van der Waals surface area contributed by atoms with E-state index in [1.165, 1.54) is 6.07 Å². The average Bonchev–Trinajstić information content (AvgIpc) is 3.05. The van der Waals surface area contributed by atoms with Crippen LogP contribution in [-0.4, -0.2) is 19.1 Å². The van der Waals surface area contributed by atoms with Crippen LogP contribution in [0.4, 0.5) is 8.78 Å². The first-order chi connectivity index (χ1) is 13.0. The zero-order chi connectivity index (χ0) is 19.4. The number of allylic oxidation sites excluding steroid dienone is 1. The predicted molar refractivity (Wildman–Crippen MR) is 109 cm³/mol. The molecule has 1 aliphatic heterocycles. The largest absolute Gasteiger partial charge is 0.491 e. The van der Waals surface area contributed by atoms with Crippen molar-refractivity contribution < 1.29 is 13.5 Å². The van der Waals surface area contributed by atoms with Crippen LogP contribution in [0.5, 0.6) is 5.75 Å². The number of hydrogen-bond acceptors (Lipinski definition) is 4. The number of nitrogens with zero attached hydrogens (tertiary/aromatic N) is 1. The van der Waals surface area contributed by atoms with Gasteiger partial charge in [0.05, 0.1) is 11.7 Å². The summed E-state index contributed by atoms with van der Waals surface area (Å²) < 4.78 is 31.4. The number of halogens is 2. The van der Waals surface area contributed by atoms with Crippen LogP contribution in [0.15, 0.2) is 53.2 Å². The Morgan fingerprint density at radius 3 is 2.89 bits per heavy atom. The number of ether oxygens (including phenoxy) is 1. The van der Waals surface area contributed by atoms with E-state index in [0.717, 1.165) is 38.8 Å². The number of aliphatic imine (C=N–C) groups is 1. The van der Waals surface area contributed by atoms with E-state index in [1.54, 1.807) is 23.9 Å². The van der Waals surface area contributed by atoms with Crippen LogP contribution in [0.2, 0.25) is 0 Å². The van der Waals surface area contributed by atoms with Gasteiger partial charge in [-0.1, -0.05) is 36.4 Å². The van der Waals surface area contributed by atoms with Gasteiger partial charge < -0.3 is 10.5 Å². The molecule has 0 amide bonds. The Morgan fingerprint density at radius 2 is 2.15 bits per heavy atom. The molecule has 0 bridgehead atoms. The maximum atomic E-state index is 12.9. The summed E-state index contributed by atoms with van der Waals surface area (Å²) in [5, 5.41) is 0. The molecule has 1 unspecified atom stereocenters. The summed E-state index contributed by atoms with van der Waals surface area (Å²) in [7, 11) is 0. The summed E-state index contributed by atoms with van der Waals surface area (Å²) in [6.45, 7) is 6.03. The van der Waals surface area contributed by atoms with E-state index in [1.807, 2.05) is 31.2 Å². The molecule has 1 aliphatic rings. The smallest absolute Gasteiger partial charge is 0.263 e. The van der Waals surface area contributed by atoms with E-state index in [2.05, 4.69) is 11.7 Å². The van der Waals surface area contributed by atoms with Crippen LogP contribution in [0.3, 0.4) is 0 Å². The van der Waals surface area contributed by atoms with Crippen molar-refractivity contribution in [2.45, 2.75) is 25.8 Å². The van der Waals surface area contributed by atoms with E-state index >= 15 is 0 Å². The number of thioether (sulfide) groups is 1. The topological polar surface area (TPSA) is 47.6 Å². The van der Waals surface area contributed by atoms with Gasteiger partial charge in [-0.05, 0) is 37.3 Å². The standard InChI is InChI=1S/C21H22F2N2OS/c1-13(25-2)20(15-6-7-17-18(24)12-26-19(17)11-15)27-9-8-14-4-3-5-16(10-14)21(22)23/h3-7,10-11,18,21H,2,8-9,12,24H2,1H3/b20-13-. The van der Waals surface area contributed by atoms with Gasteiger partial charge in [-0.3, -0.25) is 4.99 Å². The third-order valence-electron chi connectivity index (χ3n) is 4.50. The molecule has 2 N–H and O–H groups in total. The SMILES string of the molecule is C=N/C(C)=C(\SCCc1cccc(C(F)F)c1)c1ccc2c(c1)OCC2N. The molecule has 0 aromatic heterocycles. The predicted octanol–water partition coefficient (Wildman–Crippen LogP) is 5.38. The molecule has 3 nitrogen and oxygen atoms in total. The lowest BCUT2D eigenvalue weighted by molar-refractivity contribution is 0.151. The molecule has 0 saturated heterocycles. The number of benzene rings is 2. The third kappa shape index (κ3) is 4.57. The maximum Gasteiger partial charge on any atom is 0.263 e. The fourth-order valence-electron chi connectivity index (χ4n) is 3.00. The first kappa shape index (κ1) is 19.6. The van der Waals surface area contributed by atoms with E-state index in [-0.39, 0.29) is 11.6 Å². The van der Waals surface area contributed by atoms with Crippen molar-refractivity contribution in [2.75, 3.05) is 12.4 Å². The molecule has 3 rings (SSSR count). The molecule has 2 aromatic rings. The van der Waals surface area contributed by atoms with Gasteiger partial charge in [0.25, 0.3) is 6.43 Å². The van der Waals surface area contributed by atoms with Gasteiger partial charge in [0.1, 0.15) is 12.4 Å². The summed E-state index contributed by atoms with van der Waals surface area (Å²) in [6.07, 6.45) is -1.76. The Labute approximate surface area is 162 Å². The van der Waals surface area contributed by atoms with Gasteiger partial charge in [-0.25, -0.2) is 8.78 Å². The van der Waals surface area contributed by atoms with Crippen molar-refractivity contribution in [3.05, 3.63) is 70.4 Å². The zero-order valence-electron chi connectivity index (χ0n) is 15.1. The van der Waals surface area contributed by atoms with E-state index in [9.17, 15) is 8.78 Å². The summed E-state index contributed by atoms with van der Waals surface area (Å²) in [5.41, 5.74) is 9.80. The van der Waals surface area contributed by atoms with Crippen LogP contribution >= 0.6 is 11.8 Å². The second-order valence-electron chi connectivity index (χ2n) is 6.39. The molecule has 1 atom stereocenters. The van der Waals surface area contributed by atoms with Gasteiger partial charge in [0.2, 0.25) is 0 Å². The van der Waals surface area contributed by atoms with Gasteiger partial charge in [0.15, 0.2) is 0 Å². The Balaban J connectivity index is 1.74.